The van der Waals surface area contributed by atoms with Gasteiger partial charge in [-0.05, 0) is 18.6 Å². The molecule has 0 saturated carbocycles. The van der Waals surface area contributed by atoms with E-state index in [0.29, 0.717) is 0 Å². The Bertz CT molecular complexity index is 545. The fourth-order valence-electron chi connectivity index (χ4n) is 1.28. The van der Waals surface area contributed by atoms with Crippen LogP contribution >= 0.6 is 11.6 Å². The Kier molecular flexibility index (Phi) is 4.92. The third-order valence-electron chi connectivity index (χ3n) is 2.13. The van der Waals surface area contributed by atoms with Gasteiger partial charge >= 0.3 is 6.18 Å². The number of phenolic OH excluding ortho intramolecular Hbond substituents is 1. The highest BCUT2D eigenvalue weighted by molar-refractivity contribution is 7.92. The van der Waals surface area contributed by atoms with Crippen molar-refractivity contribution in [1.29, 1.82) is 0 Å². The van der Waals surface area contributed by atoms with Crippen LogP contribution in [0.1, 0.15) is 12.8 Å². The van der Waals surface area contributed by atoms with Crippen molar-refractivity contribution < 1.29 is 26.7 Å². The number of phenols is 1. The molecule has 0 atom stereocenters. The lowest BCUT2D eigenvalue weighted by Crippen LogP contribution is -2.19. The molecule has 1 aromatic carbocycles. The molecule has 0 bridgehead atoms. The Morgan fingerprint density at radius 2 is 1.95 bits per heavy atom. The highest BCUT2D eigenvalue weighted by Crippen LogP contribution is 2.32. The molecule has 0 aliphatic heterocycles. The molecule has 0 radical (unpaired) electrons. The summed E-state index contributed by atoms with van der Waals surface area (Å²) in [5.74, 6) is -1.16. The van der Waals surface area contributed by atoms with Crippen LogP contribution in [0.2, 0.25) is 5.02 Å². The van der Waals surface area contributed by atoms with Crippen molar-refractivity contribution >= 4 is 27.3 Å². The molecule has 4 nitrogen and oxygen atoms in total. The largest absolute Gasteiger partial charge is 0.504 e. The summed E-state index contributed by atoms with van der Waals surface area (Å²) in [7, 11) is -3.96. The van der Waals surface area contributed by atoms with E-state index in [1.54, 1.807) is 0 Å². The van der Waals surface area contributed by atoms with E-state index in [-0.39, 0.29) is 10.7 Å². The maximum atomic E-state index is 11.9. The first-order chi connectivity index (χ1) is 8.61. The van der Waals surface area contributed by atoms with Crippen molar-refractivity contribution in [2.75, 3.05) is 10.5 Å². The summed E-state index contributed by atoms with van der Waals surface area (Å²) in [4.78, 5) is 0. The van der Waals surface area contributed by atoms with E-state index in [4.69, 9.17) is 11.6 Å². The minimum atomic E-state index is -4.40. The molecule has 0 unspecified atom stereocenters. The summed E-state index contributed by atoms with van der Waals surface area (Å²) in [6.07, 6.45) is -6.14. The Morgan fingerprint density at radius 1 is 1.32 bits per heavy atom. The van der Waals surface area contributed by atoms with Crippen molar-refractivity contribution in [1.82, 2.24) is 0 Å². The molecule has 0 aliphatic rings. The monoisotopic (exact) mass is 317 g/mol. The number of hydrogen-bond donors (Lipinski definition) is 2. The molecule has 0 aliphatic carbocycles. The number of hydrogen-bond acceptors (Lipinski definition) is 3. The molecule has 9 heteroatoms. The number of benzene rings is 1. The van der Waals surface area contributed by atoms with Crippen LogP contribution in [0.3, 0.4) is 0 Å². The van der Waals surface area contributed by atoms with Gasteiger partial charge in [0.2, 0.25) is 10.0 Å². The summed E-state index contributed by atoms with van der Waals surface area (Å²) >= 11 is 5.57. The molecule has 19 heavy (non-hydrogen) atoms. The van der Waals surface area contributed by atoms with Crippen molar-refractivity contribution in [2.45, 2.75) is 19.0 Å². The van der Waals surface area contributed by atoms with E-state index in [1.165, 1.54) is 18.2 Å². The Hall–Kier alpha value is -1.15. The van der Waals surface area contributed by atoms with Crippen molar-refractivity contribution in [3.05, 3.63) is 23.2 Å². The third-order valence-corrected chi connectivity index (χ3v) is 3.79. The number of halogens is 4. The van der Waals surface area contributed by atoms with Crippen molar-refractivity contribution in [3.63, 3.8) is 0 Å². The average Bonchev–Trinajstić information content (AvgIpc) is 2.22. The van der Waals surface area contributed by atoms with Crippen LogP contribution in [0.5, 0.6) is 5.75 Å². The first kappa shape index (κ1) is 15.9. The summed E-state index contributed by atoms with van der Waals surface area (Å²) < 4.78 is 60.7. The Balaban J connectivity index is 2.67. The molecule has 1 aromatic rings. The predicted octanol–water partition coefficient (Wildman–Crippen LogP) is 3.13. The van der Waals surface area contributed by atoms with Gasteiger partial charge in [-0.1, -0.05) is 17.7 Å². The Morgan fingerprint density at radius 3 is 2.53 bits per heavy atom. The first-order valence-corrected chi connectivity index (χ1v) is 7.18. The van der Waals surface area contributed by atoms with Gasteiger partial charge < -0.3 is 5.11 Å². The zero-order valence-corrected chi connectivity index (χ0v) is 11.1. The predicted molar refractivity (Wildman–Crippen MR) is 65.8 cm³/mol. The van der Waals surface area contributed by atoms with E-state index in [2.05, 4.69) is 0 Å². The number of aromatic hydroxyl groups is 1. The van der Waals surface area contributed by atoms with Crippen LogP contribution in [-0.4, -0.2) is 25.5 Å². The fourth-order valence-corrected chi connectivity index (χ4v) is 2.58. The van der Waals surface area contributed by atoms with E-state index >= 15 is 0 Å². The summed E-state index contributed by atoms with van der Waals surface area (Å²) in [5, 5.41) is 9.42. The molecule has 0 saturated heterocycles. The summed E-state index contributed by atoms with van der Waals surface area (Å²) in [5.41, 5.74) is -0.167. The molecule has 2 N–H and O–H groups in total. The topological polar surface area (TPSA) is 66.4 Å². The van der Waals surface area contributed by atoms with Gasteiger partial charge in [-0.25, -0.2) is 8.42 Å². The number of para-hydroxylation sites is 1. The molecule has 0 fully saturated rings. The van der Waals surface area contributed by atoms with Crippen molar-refractivity contribution in [3.8, 4) is 5.75 Å². The summed E-state index contributed by atoms with van der Waals surface area (Å²) in [6.45, 7) is 0. The first-order valence-electron chi connectivity index (χ1n) is 5.15. The van der Waals surface area contributed by atoms with Gasteiger partial charge in [-0.3, -0.25) is 4.72 Å². The van der Waals surface area contributed by atoms with E-state index in [1.807, 2.05) is 4.72 Å². The normalized spacial score (nSPS) is 12.4. The molecular formula is C10H11ClF3NO3S. The van der Waals surface area contributed by atoms with Crippen LogP contribution < -0.4 is 4.72 Å². The van der Waals surface area contributed by atoms with Crippen LogP contribution in [0, 0.1) is 0 Å². The van der Waals surface area contributed by atoms with E-state index < -0.39 is 40.5 Å². The van der Waals surface area contributed by atoms with E-state index in [9.17, 15) is 26.7 Å². The molecule has 0 aromatic heterocycles. The fraction of sp³-hybridized carbons (Fsp3) is 0.400. The SMILES string of the molecule is O=S(=O)(CCCC(F)(F)F)Nc1cccc(Cl)c1O. The highest BCUT2D eigenvalue weighted by atomic mass is 35.5. The third kappa shape index (κ3) is 5.56. The Labute approximate surface area is 113 Å². The molecule has 0 spiro atoms. The quantitative estimate of drug-likeness (QED) is 0.820. The zero-order valence-electron chi connectivity index (χ0n) is 9.54. The van der Waals surface area contributed by atoms with Gasteiger partial charge in [0.25, 0.3) is 0 Å². The van der Waals surface area contributed by atoms with Gasteiger partial charge in [-0.15, -0.1) is 0 Å². The lowest BCUT2D eigenvalue weighted by atomic mass is 10.3. The maximum absolute atomic E-state index is 11.9. The number of rotatable bonds is 5. The van der Waals surface area contributed by atoms with Crippen molar-refractivity contribution in [2.24, 2.45) is 0 Å². The molecule has 0 amide bonds. The average molecular weight is 318 g/mol. The van der Waals surface area contributed by atoms with Crippen LogP contribution in [-0.2, 0) is 10.0 Å². The number of alkyl halides is 3. The lowest BCUT2D eigenvalue weighted by molar-refractivity contribution is -0.134. The number of anilines is 1. The van der Waals surface area contributed by atoms with Gasteiger partial charge in [-0.2, -0.15) is 13.2 Å². The van der Waals surface area contributed by atoms with Gasteiger partial charge in [0.05, 0.1) is 16.5 Å². The second-order valence-corrected chi connectivity index (χ2v) is 6.02. The van der Waals surface area contributed by atoms with E-state index in [0.717, 1.165) is 0 Å². The lowest BCUT2D eigenvalue weighted by Gasteiger charge is -2.11. The van der Waals surface area contributed by atoms with Crippen LogP contribution in [0.15, 0.2) is 18.2 Å². The maximum Gasteiger partial charge on any atom is 0.389 e. The van der Waals surface area contributed by atoms with Gasteiger partial charge in [0, 0.05) is 6.42 Å². The minimum Gasteiger partial charge on any atom is -0.504 e. The van der Waals surface area contributed by atoms with Crippen LogP contribution in [0.25, 0.3) is 0 Å². The zero-order chi connectivity index (χ0) is 14.7. The highest BCUT2D eigenvalue weighted by Gasteiger charge is 2.27. The minimum absolute atomic E-state index is 0.0597. The van der Waals surface area contributed by atoms with Gasteiger partial charge in [0.1, 0.15) is 0 Å². The standard InChI is InChI=1S/C10H11ClF3NO3S/c11-7-3-1-4-8(9(7)16)15-19(17,18)6-2-5-10(12,13)14/h1,3-4,15-16H,2,5-6H2. The molecule has 108 valence electrons. The molecule has 1 rings (SSSR count). The summed E-state index contributed by atoms with van der Waals surface area (Å²) in [6, 6.07) is 4.00. The second kappa shape index (κ2) is 5.87. The van der Waals surface area contributed by atoms with Crippen LogP contribution in [0.4, 0.5) is 18.9 Å². The van der Waals surface area contributed by atoms with Gasteiger partial charge in [0.15, 0.2) is 5.75 Å². The molecule has 0 heterocycles. The second-order valence-electron chi connectivity index (χ2n) is 3.78. The number of nitrogens with one attached hydrogen (secondary N) is 1. The molecular weight excluding hydrogens is 307 g/mol. The number of sulfonamides is 1. The smallest absolute Gasteiger partial charge is 0.389 e.